The van der Waals surface area contributed by atoms with Crippen molar-refractivity contribution in [3.8, 4) is 11.5 Å². The Balaban J connectivity index is 1.97. The summed E-state index contributed by atoms with van der Waals surface area (Å²) in [5.74, 6) is 0.512. The molecule has 0 aliphatic carbocycles. The summed E-state index contributed by atoms with van der Waals surface area (Å²) in [7, 11) is 0. The smallest absolute Gasteiger partial charge is 0.200 e. The zero-order valence-electron chi connectivity index (χ0n) is 9.17. The van der Waals surface area contributed by atoms with Gasteiger partial charge in [-0.3, -0.25) is 4.79 Å². The van der Waals surface area contributed by atoms with Crippen LogP contribution in [0.4, 0.5) is 0 Å². The Morgan fingerprint density at radius 1 is 1.06 bits per heavy atom. The molecule has 1 N–H and O–H groups in total. The van der Waals surface area contributed by atoms with Crippen molar-refractivity contribution in [2.24, 2.45) is 0 Å². The first-order valence-electron chi connectivity index (χ1n) is 5.26. The molecule has 0 aromatic heterocycles. The largest absolute Gasteiger partial charge is 0.508 e. The van der Waals surface area contributed by atoms with Crippen molar-refractivity contribution >= 4 is 5.78 Å². The SMILES string of the molecule is O=C(COc1cccc(O)c1)c1ccccc1. The lowest BCUT2D eigenvalue weighted by Crippen LogP contribution is -2.11. The maximum atomic E-state index is 11.7. The summed E-state index contributed by atoms with van der Waals surface area (Å²) in [6, 6.07) is 15.3. The van der Waals surface area contributed by atoms with E-state index in [0.717, 1.165) is 0 Å². The Morgan fingerprint density at radius 3 is 2.53 bits per heavy atom. The third-order valence-corrected chi connectivity index (χ3v) is 2.28. The molecule has 0 saturated heterocycles. The van der Waals surface area contributed by atoms with E-state index >= 15 is 0 Å². The van der Waals surface area contributed by atoms with Gasteiger partial charge in [-0.15, -0.1) is 0 Å². The maximum absolute atomic E-state index is 11.7. The normalized spacial score (nSPS) is 9.88. The van der Waals surface area contributed by atoms with E-state index in [-0.39, 0.29) is 18.1 Å². The van der Waals surface area contributed by atoms with Crippen LogP contribution in [-0.4, -0.2) is 17.5 Å². The Labute approximate surface area is 99.3 Å². The summed E-state index contributed by atoms with van der Waals surface area (Å²) in [6.45, 7) is -0.0343. The van der Waals surface area contributed by atoms with E-state index in [1.807, 2.05) is 18.2 Å². The second kappa shape index (κ2) is 5.16. The molecule has 0 heterocycles. The van der Waals surface area contributed by atoms with Crippen LogP contribution < -0.4 is 4.74 Å². The third kappa shape index (κ3) is 3.08. The van der Waals surface area contributed by atoms with Crippen LogP contribution in [0, 0.1) is 0 Å². The van der Waals surface area contributed by atoms with Gasteiger partial charge in [0.2, 0.25) is 0 Å². The number of phenolic OH excluding ortho intramolecular Hbond substituents is 1. The zero-order chi connectivity index (χ0) is 12.1. The molecule has 0 fully saturated rings. The fourth-order valence-electron chi connectivity index (χ4n) is 1.43. The minimum Gasteiger partial charge on any atom is -0.508 e. The molecule has 0 bridgehead atoms. The molecular weight excluding hydrogens is 216 g/mol. The summed E-state index contributed by atoms with van der Waals surface area (Å²) >= 11 is 0. The predicted octanol–water partition coefficient (Wildman–Crippen LogP) is 2.65. The number of benzene rings is 2. The van der Waals surface area contributed by atoms with Crippen molar-refractivity contribution in [2.75, 3.05) is 6.61 Å². The summed E-state index contributed by atoms with van der Waals surface area (Å²) in [6.07, 6.45) is 0. The van der Waals surface area contributed by atoms with Gasteiger partial charge in [0, 0.05) is 11.6 Å². The molecule has 0 unspecified atom stereocenters. The Morgan fingerprint density at radius 2 is 1.82 bits per heavy atom. The second-order valence-corrected chi connectivity index (χ2v) is 3.58. The molecule has 2 aromatic carbocycles. The molecule has 2 rings (SSSR count). The van der Waals surface area contributed by atoms with Crippen LogP contribution in [0.15, 0.2) is 54.6 Å². The Bertz CT molecular complexity index is 506. The highest BCUT2D eigenvalue weighted by Crippen LogP contribution is 2.17. The first-order valence-corrected chi connectivity index (χ1v) is 5.26. The monoisotopic (exact) mass is 228 g/mol. The molecule has 86 valence electrons. The van der Waals surface area contributed by atoms with Crippen molar-refractivity contribution in [3.63, 3.8) is 0 Å². The first kappa shape index (κ1) is 11.2. The number of aromatic hydroxyl groups is 1. The van der Waals surface area contributed by atoms with E-state index in [2.05, 4.69) is 0 Å². The number of hydrogen-bond donors (Lipinski definition) is 1. The van der Waals surface area contributed by atoms with E-state index in [9.17, 15) is 9.90 Å². The number of rotatable bonds is 4. The van der Waals surface area contributed by atoms with Gasteiger partial charge in [-0.25, -0.2) is 0 Å². The van der Waals surface area contributed by atoms with Gasteiger partial charge in [0.25, 0.3) is 0 Å². The quantitative estimate of drug-likeness (QED) is 0.818. The van der Waals surface area contributed by atoms with Gasteiger partial charge in [0.1, 0.15) is 11.5 Å². The number of carbonyl (C=O) groups is 1. The molecule has 0 aliphatic rings. The summed E-state index contributed by atoms with van der Waals surface area (Å²) in [5, 5.41) is 9.23. The molecule has 3 heteroatoms. The van der Waals surface area contributed by atoms with E-state index in [0.29, 0.717) is 11.3 Å². The van der Waals surface area contributed by atoms with Gasteiger partial charge >= 0.3 is 0 Å². The van der Waals surface area contributed by atoms with Crippen molar-refractivity contribution in [2.45, 2.75) is 0 Å². The van der Waals surface area contributed by atoms with E-state index in [4.69, 9.17) is 4.74 Å². The second-order valence-electron chi connectivity index (χ2n) is 3.58. The summed E-state index contributed by atoms with van der Waals surface area (Å²) in [4.78, 5) is 11.7. The standard InChI is InChI=1S/C14H12O3/c15-12-7-4-8-13(9-12)17-10-14(16)11-5-2-1-3-6-11/h1-9,15H,10H2. The maximum Gasteiger partial charge on any atom is 0.200 e. The minimum atomic E-state index is -0.0889. The van der Waals surface area contributed by atoms with Crippen molar-refractivity contribution in [3.05, 3.63) is 60.2 Å². The summed E-state index contributed by atoms with van der Waals surface area (Å²) in [5.41, 5.74) is 0.618. The molecule has 0 saturated carbocycles. The number of ether oxygens (including phenoxy) is 1. The van der Waals surface area contributed by atoms with Gasteiger partial charge in [-0.05, 0) is 12.1 Å². The summed E-state index contributed by atoms with van der Waals surface area (Å²) < 4.78 is 5.29. The fraction of sp³-hybridized carbons (Fsp3) is 0.0714. The van der Waals surface area contributed by atoms with Crippen LogP contribution in [0.5, 0.6) is 11.5 Å². The lowest BCUT2D eigenvalue weighted by atomic mass is 10.1. The number of carbonyl (C=O) groups excluding carboxylic acids is 1. The van der Waals surface area contributed by atoms with Gasteiger partial charge in [0.05, 0.1) is 0 Å². The van der Waals surface area contributed by atoms with E-state index < -0.39 is 0 Å². The lowest BCUT2D eigenvalue weighted by Gasteiger charge is -2.05. The van der Waals surface area contributed by atoms with Gasteiger partial charge < -0.3 is 9.84 Å². The van der Waals surface area contributed by atoms with Crippen LogP contribution in [0.25, 0.3) is 0 Å². The van der Waals surface area contributed by atoms with Crippen LogP contribution in [0.1, 0.15) is 10.4 Å². The molecule has 0 amide bonds. The predicted molar refractivity (Wildman–Crippen MR) is 64.4 cm³/mol. The zero-order valence-corrected chi connectivity index (χ0v) is 9.17. The molecule has 0 radical (unpaired) electrons. The highest BCUT2D eigenvalue weighted by Gasteiger charge is 2.05. The average molecular weight is 228 g/mol. The van der Waals surface area contributed by atoms with Crippen molar-refractivity contribution in [1.29, 1.82) is 0 Å². The van der Waals surface area contributed by atoms with Gasteiger partial charge in [-0.1, -0.05) is 36.4 Å². The number of ketones is 1. The van der Waals surface area contributed by atoms with Crippen LogP contribution in [0.2, 0.25) is 0 Å². The Kier molecular flexibility index (Phi) is 3.40. The lowest BCUT2D eigenvalue weighted by molar-refractivity contribution is 0.0921. The van der Waals surface area contributed by atoms with Gasteiger partial charge in [0.15, 0.2) is 12.4 Å². The van der Waals surface area contributed by atoms with Crippen LogP contribution in [0.3, 0.4) is 0 Å². The van der Waals surface area contributed by atoms with Crippen molar-refractivity contribution < 1.29 is 14.6 Å². The molecule has 3 nitrogen and oxygen atoms in total. The molecular formula is C14H12O3. The molecule has 0 atom stereocenters. The topological polar surface area (TPSA) is 46.5 Å². The number of phenols is 1. The highest BCUT2D eigenvalue weighted by atomic mass is 16.5. The molecule has 0 aliphatic heterocycles. The van der Waals surface area contributed by atoms with E-state index in [1.54, 1.807) is 30.3 Å². The van der Waals surface area contributed by atoms with Crippen LogP contribution >= 0.6 is 0 Å². The average Bonchev–Trinajstić information content (AvgIpc) is 2.37. The molecule has 0 spiro atoms. The highest BCUT2D eigenvalue weighted by molar-refractivity contribution is 5.97. The molecule has 2 aromatic rings. The van der Waals surface area contributed by atoms with Crippen LogP contribution in [-0.2, 0) is 0 Å². The first-order chi connectivity index (χ1) is 8.25. The molecule has 17 heavy (non-hydrogen) atoms. The number of hydrogen-bond acceptors (Lipinski definition) is 3. The fourth-order valence-corrected chi connectivity index (χ4v) is 1.43. The van der Waals surface area contributed by atoms with Crippen molar-refractivity contribution in [1.82, 2.24) is 0 Å². The van der Waals surface area contributed by atoms with Gasteiger partial charge in [-0.2, -0.15) is 0 Å². The van der Waals surface area contributed by atoms with E-state index in [1.165, 1.54) is 6.07 Å². The Hall–Kier alpha value is -2.29. The number of Topliss-reactive ketones (excluding diaryl/α,β-unsaturated/α-hetero) is 1. The third-order valence-electron chi connectivity index (χ3n) is 2.28. The minimum absolute atomic E-state index is 0.0343.